The lowest BCUT2D eigenvalue weighted by Gasteiger charge is -2.34. The van der Waals surface area contributed by atoms with E-state index in [9.17, 15) is 8.78 Å². The van der Waals surface area contributed by atoms with Gasteiger partial charge in [-0.05, 0) is 48.9 Å². The standard InChI is InChI=1S/C18H27F2N/c1-3-5-13-6-8-14(9-7-13)18(21-4-2)15-10-11-16(19)17(20)12-15/h10-14,18,21H,3-9H2,1-2H3. The maximum atomic E-state index is 13.5. The first-order valence-electron chi connectivity index (χ1n) is 8.34. The van der Waals surface area contributed by atoms with Gasteiger partial charge in [-0.1, -0.05) is 45.6 Å². The molecule has 0 spiro atoms. The topological polar surface area (TPSA) is 12.0 Å². The van der Waals surface area contributed by atoms with Crippen LogP contribution in [0.25, 0.3) is 0 Å². The molecule has 1 aromatic rings. The SMILES string of the molecule is CCCC1CCC(C(NCC)c2ccc(F)c(F)c2)CC1. The molecule has 1 saturated carbocycles. The zero-order valence-electron chi connectivity index (χ0n) is 13.2. The van der Waals surface area contributed by atoms with Crippen LogP contribution in [0.4, 0.5) is 8.78 Å². The van der Waals surface area contributed by atoms with Gasteiger partial charge in [0.25, 0.3) is 0 Å². The Morgan fingerprint density at radius 3 is 2.38 bits per heavy atom. The van der Waals surface area contributed by atoms with Crippen LogP contribution < -0.4 is 5.32 Å². The number of halogens is 2. The molecule has 1 aliphatic carbocycles. The second kappa shape index (κ2) is 7.88. The summed E-state index contributed by atoms with van der Waals surface area (Å²) in [4.78, 5) is 0. The number of hydrogen-bond acceptors (Lipinski definition) is 1. The first-order valence-corrected chi connectivity index (χ1v) is 8.34. The molecular formula is C18H27F2N. The van der Waals surface area contributed by atoms with Crippen molar-refractivity contribution < 1.29 is 8.78 Å². The van der Waals surface area contributed by atoms with Gasteiger partial charge in [-0.2, -0.15) is 0 Å². The monoisotopic (exact) mass is 295 g/mol. The van der Waals surface area contributed by atoms with Gasteiger partial charge in [0.15, 0.2) is 11.6 Å². The maximum Gasteiger partial charge on any atom is 0.159 e. The Kier molecular flexibility index (Phi) is 6.16. The van der Waals surface area contributed by atoms with Crippen LogP contribution in [0.15, 0.2) is 18.2 Å². The van der Waals surface area contributed by atoms with Crippen LogP contribution in [-0.4, -0.2) is 6.54 Å². The molecule has 1 N–H and O–H groups in total. The molecule has 1 nitrogen and oxygen atoms in total. The Balaban J connectivity index is 2.07. The summed E-state index contributed by atoms with van der Waals surface area (Å²) < 4.78 is 26.6. The molecule has 1 aliphatic rings. The van der Waals surface area contributed by atoms with E-state index in [1.165, 1.54) is 50.7 Å². The third-order valence-corrected chi connectivity index (χ3v) is 4.79. The molecule has 1 aromatic carbocycles. The molecule has 1 atom stereocenters. The van der Waals surface area contributed by atoms with E-state index in [0.29, 0.717) is 5.92 Å². The van der Waals surface area contributed by atoms with E-state index in [4.69, 9.17) is 0 Å². The van der Waals surface area contributed by atoms with Crippen molar-refractivity contribution in [3.8, 4) is 0 Å². The lowest BCUT2D eigenvalue weighted by Crippen LogP contribution is -2.31. The average molecular weight is 295 g/mol. The van der Waals surface area contributed by atoms with E-state index in [2.05, 4.69) is 19.2 Å². The van der Waals surface area contributed by atoms with E-state index < -0.39 is 11.6 Å². The molecule has 0 radical (unpaired) electrons. The Bertz CT molecular complexity index is 439. The summed E-state index contributed by atoms with van der Waals surface area (Å²) in [5, 5.41) is 3.47. The molecule has 0 amide bonds. The summed E-state index contributed by atoms with van der Waals surface area (Å²) in [6, 6.07) is 4.48. The van der Waals surface area contributed by atoms with Gasteiger partial charge >= 0.3 is 0 Å². The van der Waals surface area contributed by atoms with E-state index >= 15 is 0 Å². The third-order valence-electron chi connectivity index (χ3n) is 4.79. The van der Waals surface area contributed by atoms with Crippen LogP contribution in [-0.2, 0) is 0 Å². The number of hydrogen-bond donors (Lipinski definition) is 1. The van der Waals surface area contributed by atoms with E-state index in [1.807, 2.05) is 0 Å². The second-order valence-electron chi connectivity index (χ2n) is 6.28. The molecule has 2 rings (SSSR count). The highest BCUT2D eigenvalue weighted by atomic mass is 19.2. The Hall–Kier alpha value is -0.960. The Morgan fingerprint density at radius 2 is 1.81 bits per heavy atom. The highest BCUT2D eigenvalue weighted by Crippen LogP contribution is 2.38. The quantitative estimate of drug-likeness (QED) is 0.758. The fourth-order valence-electron chi connectivity index (χ4n) is 3.70. The minimum Gasteiger partial charge on any atom is -0.310 e. The molecule has 0 bridgehead atoms. The van der Waals surface area contributed by atoms with Gasteiger partial charge < -0.3 is 5.32 Å². The van der Waals surface area contributed by atoms with Crippen LogP contribution in [0.5, 0.6) is 0 Å². The van der Waals surface area contributed by atoms with Gasteiger partial charge in [0.05, 0.1) is 0 Å². The van der Waals surface area contributed by atoms with Crippen molar-refractivity contribution in [2.24, 2.45) is 11.8 Å². The molecule has 21 heavy (non-hydrogen) atoms. The maximum absolute atomic E-state index is 13.5. The summed E-state index contributed by atoms with van der Waals surface area (Å²) in [5.74, 6) is -0.114. The van der Waals surface area contributed by atoms with Crippen LogP contribution >= 0.6 is 0 Å². The molecule has 118 valence electrons. The number of nitrogens with one attached hydrogen (secondary N) is 1. The lowest BCUT2D eigenvalue weighted by molar-refractivity contribution is 0.215. The number of benzene rings is 1. The van der Waals surface area contributed by atoms with E-state index in [-0.39, 0.29) is 6.04 Å². The minimum absolute atomic E-state index is 0.146. The average Bonchev–Trinajstić information content (AvgIpc) is 2.49. The zero-order chi connectivity index (χ0) is 15.2. The van der Waals surface area contributed by atoms with Crippen molar-refractivity contribution in [1.29, 1.82) is 0 Å². The third kappa shape index (κ3) is 4.26. The van der Waals surface area contributed by atoms with Crippen molar-refractivity contribution in [1.82, 2.24) is 5.32 Å². The van der Waals surface area contributed by atoms with Crippen molar-refractivity contribution in [3.05, 3.63) is 35.4 Å². The van der Waals surface area contributed by atoms with Crippen LogP contribution in [0.1, 0.15) is 64.0 Å². The summed E-state index contributed by atoms with van der Waals surface area (Å²) in [6.45, 7) is 5.16. The molecule has 1 fully saturated rings. The molecule has 0 saturated heterocycles. The summed E-state index contributed by atoms with van der Waals surface area (Å²) in [5.41, 5.74) is 0.884. The number of rotatable bonds is 6. The normalized spacial score (nSPS) is 24.0. The predicted molar refractivity (Wildman–Crippen MR) is 83.1 cm³/mol. The Labute approximate surface area is 127 Å². The minimum atomic E-state index is -0.763. The van der Waals surface area contributed by atoms with Gasteiger partial charge in [-0.25, -0.2) is 8.78 Å². The summed E-state index contributed by atoms with van der Waals surface area (Å²) >= 11 is 0. The van der Waals surface area contributed by atoms with Gasteiger partial charge in [0.2, 0.25) is 0 Å². The van der Waals surface area contributed by atoms with Gasteiger partial charge in [-0.15, -0.1) is 0 Å². The molecule has 0 heterocycles. The fourth-order valence-corrected chi connectivity index (χ4v) is 3.70. The molecule has 0 aliphatic heterocycles. The summed E-state index contributed by atoms with van der Waals surface area (Å²) in [6.07, 6.45) is 7.48. The van der Waals surface area contributed by atoms with E-state index in [0.717, 1.165) is 18.0 Å². The highest BCUT2D eigenvalue weighted by Gasteiger charge is 2.28. The van der Waals surface area contributed by atoms with Crippen LogP contribution in [0.2, 0.25) is 0 Å². The predicted octanol–water partition coefficient (Wildman–Crippen LogP) is 5.22. The molecule has 3 heteroatoms. The van der Waals surface area contributed by atoms with Crippen molar-refractivity contribution in [2.75, 3.05) is 6.54 Å². The molecular weight excluding hydrogens is 268 g/mol. The second-order valence-corrected chi connectivity index (χ2v) is 6.28. The van der Waals surface area contributed by atoms with Crippen molar-refractivity contribution >= 4 is 0 Å². The first-order chi connectivity index (χ1) is 10.2. The van der Waals surface area contributed by atoms with Crippen LogP contribution in [0.3, 0.4) is 0 Å². The van der Waals surface area contributed by atoms with Crippen molar-refractivity contribution in [2.45, 2.75) is 58.4 Å². The van der Waals surface area contributed by atoms with E-state index in [1.54, 1.807) is 6.07 Å². The van der Waals surface area contributed by atoms with Gasteiger partial charge in [-0.3, -0.25) is 0 Å². The zero-order valence-corrected chi connectivity index (χ0v) is 13.2. The lowest BCUT2D eigenvalue weighted by atomic mass is 9.75. The first kappa shape index (κ1) is 16.4. The van der Waals surface area contributed by atoms with Gasteiger partial charge in [0, 0.05) is 6.04 Å². The van der Waals surface area contributed by atoms with Gasteiger partial charge in [0.1, 0.15) is 0 Å². The largest absolute Gasteiger partial charge is 0.310 e. The van der Waals surface area contributed by atoms with Crippen LogP contribution in [0, 0.1) is 23.5 Å². The van der Waals surface area contributed by atoms with Crippen molar-refractivity contribution in [3.63, 3.8) is 0 Å². The molecule has 0 aromatic heterocycles. The summed E-state index contributed by atoms with van der Waals surface area (Å²) in [7, 11) is 0. The molecule has 1 unspecified atom stereocenters. The Morgan fingerprint density at radius 1 is 1.10 bits per heavy atom. The highest BCUT2D eigenvalue weighted by molar-refractivity contribution is 5.22. The fraction of sp³-hybridized carbons (Fsp3) is 0.667. The smallest absolute Gasteiger partial charge is 0.159 e.